The fourth-order valence-corrected chi connectivity index (χ4v) is 1.59. The number of ether oxygens (including phenoxy) is 2. The highest BCUT2D eigenvalue weighted by atomic mass is 16.5. The molecule has 0 aliphatic carbocycles. The molecule has 0 radical (unpaired) electrons. The number of rotatable bonds is 6. The summed E-state index contributed by atoms with van der Waals surface area (Å²) in [5.41, 5.74) is 5.67. The zero-order chi connectivity index (χ0) is 13.5. The Hall–Kier alpha value is -2.00. The van der Waals surface area contributed by atoms with Crippen molar-refractivity contribution >= 4 is 0 Å². The largest absolute Gasteiger partial charge is 0.494 e. The topological polar surface area (TPSA) is 44.5 Å². The third-order valence-electron chi connectivity index (χ3n) is 2.64. The second kappa shape index (κ2) is 6.81. The SMILES string of the molecule is CC(N)CCOc1ccc(Oc2ccccc2)cc1. The number of hydrogen-bond acceptors (Lipinski definition) is 3. The smallest absolute Gasteiger partial charge is 0.127 e. The van der Waals surface area contributed by atoms with Crippen molar-refractivity contribution in [2.24, 2.45) is 5.73 Å². The Kier molecular flexibility index (Phi) is 4.81. The van der Waals surface area contributed by atoms with Crippen LogP contribution in [-0.4, -0.2) is 12.6 Å². The predicted molar refractivity (Wildman–Crippen MR) is 76.7 cm³/mol. The summed E-state index contributed by atoms with van der Waals surface area (Å²) >= 11 is 0. The minimum absolute atomic E-state index is 0.167. The molecule has 2 rings (SSSR count). The van der Waals surface area contributed by atoms with Crippen LogP contribution in [0.4, 0.5) is 0 Å². The molecule has 100 valence electrons. The van der Waals surface area contributed by atoms with E-state index in [1.807, 2.05) is 61.5 Å². The molecule has 0 saturated heterocycles. The maximum absolute atomic E-state index is 5.70. The van der Waals surface area contributed by atoms with Crippen molar-refractivity contribution in [3.05, 3.63) is 54.6 Å². The molecule has 0 heterocycles. The van der Waals surface area contributed by atoms with Crippen LogP contribution < -0.4 is 15.2 Å². The van der Waals surface area contributed by atoms with Gasteiger partial charge in [0.15, 0.2) is 0 Å². The van der Waals surface area contributed by atoms with E-state index in [1.165, 1.54) is 0 Å². The minimum Gasteiger partial charge on any atom is -0.494 e. The van der Waals surface area contributed by atoms with Gasteiger partial charge in [0, 0.05) is 6.04 Å². The molecule has 2 N–H and O–H groups in total. The van der Waals surface area contributed by atoms with Crippen LogP contribution in [0.3, 0.4) is 0 Å². The van der Waals surface area contributed by atoms with E-state index in [0.717, 1.165) is 23.7 Å². The minimum atomic E-state index is 0.167. The van der Waals surface area contributed by atoms with Crippen LogP contribution in [0.25, 0.3) is 0 Å². The van der Waals surface area contributed by atoms with E-state index in [0.29, 0.717) is 6.61 Å². The molecule has 0 fully saturated rings. The Bertz CT molecular complexity index is 480. The Morgan fingerprint density at radius 3 is 2.11 bits per heavy atom. The molecule has 1 atom stereocenters. The molecular weight excluding hydrogens is 238 g/mol. The average molecular weight is 257 g/mol. The van der Waals surface area contributed by atoms with Crippen LogP contribution in [0.2, 0.25) is 0 Å². The molecule has 3 nitrogen and oxygen atoms in total. The summed E-state index contributed by atoms with van der Waals surface area (Å²) in [6.07, 6.45) is 0.849. The first kappa shape index (κ1) is 13.4. The van der Waals surface area contributed by atoms with Gasteiger partial charge < -0.3 is 15.2 Å². The zero-order valence-corrected chi connectivity index (χ0v) is 11.1. The highest BCUT2D eigenvalue weighted by Crippen LogP contribution is 2.23. The molecule has 0 amide bonds. The van der Waals surface area contributed by atoms with Gasteiger partial charge >= 0.3 is 0 Å². The standard InChI is InChI=1S/C16H19NO2/c1-13(17)11-12-18-14-7-9-16(10-8-14)19-15-5-3-2-4-6-15/h2-10,13H,11-12,17H2,1H3. The van der Waals surface area contributed by atoms with E-state index in [9.17, 15) is 0 Å². The van der Waals surface area contributed by atoms with Gasteiger partial charge in [-0.05, 0) is 49.7 Å². The van der Waals surface area contributed by atoms with Crippen LogP contribution >= 0.6 is 0 Å². The number of benzene rings is 2. The highest BCUT2D eigenvalue weighted by molar-refractivity contribution is 5.35. The number of nitrogens with two attached hydrogens (primary N) is 1. The monoisotopic (exact) mass is 257 g/mol. The fraction of sp³-hybridized carbons (Fsp3) is 0.250. The molecule has 3 heteroatoms. The van der Waals surface area contributed by atoms with Crippen LogP contribution in [0, 0.1) is 0 Å². The summed E-state index contributed by atoms with van der Waals surface area (Å²) in [7, 11) is 0. The van der Waals surface area contributed by atoms with Gasteiger partial charge in [-0.15, -0.1) is 0 Å². The summed E-state index contributed by atoms with van der Waals surface area (Å²) in [5.74, 6) is 2.46. The average Bonchev–Trinajstić information content (AvgIpc) is 2.42. The third kappa shape index (κ3) is 4.64. The first-order valence-corrected chi connectivity index (χ1v) is 6.45. The summed E-state index contributed by atoms with van der Waals surface area (Å²) in [5, 5.41) is 0. The van der Waals surface area contributed by atoms with Crippen molar-refractivity contribution in [3.8, 4) is 17.2 Å². The molecular formula is C16H19NO2. The van der Waals surface area contributed by atoms with Gasteiger partial charge in [-0.1, -0.05) is 18.2 Å². The van der Waals surface area contributed by atoms with Crippen LogP contribution in [0.5, 0.6) is 17.2 Å². The Morgan fingerprint density at radius 2 is 1.47 bits per heavy atom. The normalized spacial score (nSPS) is 11.9. The molecule has 2 aromatic carbocycles. The molecule has 0 aliphatic rings. The van der Waals surface area contributed by atoms with Gasteiger partial charge in [0.2, 0.25) is 0 Å². The maximum atomic E-state index is 5.70. The summed E-state index contributed by atoms with van der Waals surface area (Å²) < 4.78 is 11.3. The van der Waals surface area contributed by atoms with Crippen molar-refractivity contribution < 1.29 is 9.47 Å². The number of para-hydroxylation sites is 1. The maximum Gasteiger partial charge on any atom is 0.127 e. The van der Waals surface area contributed by atoms with Crippen molar-refractivity contribution in [3.63, 3.8) is 0 Å². The lowest BCUT2D eigenvalue weighted by molar-refractivity contribution is 0.300. The summed E-state index contributed by atoms with van der Waals surface area (Å²) in [6, 6.07) is 17.5. The third-order valence-corrected chi connectivity index (χ3v) is 2.64. The van der Waals surface area contributed by atoms with E-state index >= 15 is 0 Å². The second-order valence-corrected chi connectivity index (χ2v) is 4.50. The predicted octanol–water partition coefficient (Wildman–Crippen LogP) is 3.60. The summed E-state index contributed by atoms with van der Waals surface area (Å²) in [6.45, 7) is 2.61. The van der Waals surface area contributed by atoms with Crippen molar-refractivity contribution in [2.75, 3.05) is 6.61 Å². The van der Waals surface area contributed by atoms with Gasteiger partial charge in [0.25, 0.3) is 0 Å². The van der Waals surface area contributed by atoms with Crippen molar-refractivity contribution in [1.29, 1.82) is 0 Å². The van der Waals surface area contributed by atoms with Crippen LogP contribution in [0.1, 0.15) is 13.3 Å². The number of hydrogen-bond donors (Lipinski definition) is 1. The van der Waals surface area contributed by atoms with Gasteiger partial charge in [-0.3, -0.25) is 0 Å². The first-order chi connectivity index (χ1) is 9.24. The molecule has 0 bridgehead atoms. The van der Waals surface area contributed by atoms with Crippen LogP contribution in [-0.2, 0) is 0 Å². The van der Waals surface area contributed by atoms with E-state index in [2.05, 4.69) is 0 Å². The van der Waals surface area contributed by atoms with Crippen molar-refractivity contribution in [2.45, 2.75) is 19.4 Å². The van der Waals surface area contributed by atoms with E-state index < -0.39 is 0 Å². The van der Waals surface area contributed by atoms with Gasteiger partial charge in [0.05, 0.1) is 6.61 Å². The lowest BCUT2D eigenvalue weighted by Gasteiger charge is -2.09. The van der Waals surface area contributed by atoms with Gasteiger partial charge in [-0.2, -0.15) is 0 Å². The molecule has 2 aromatic rings. The molecule has 19 heavy (non-hydrogen) atoms. The molecule has 0 aliphatic heterocycles. The quantitative estimate of drug-likeness (QED) is 0.860. The van der Waals surface area contributed by atoms with Gasteiger partial charge in [0.1, 0.15) is 17.2 Å². The molecule has 0 saturated carbocycles. The zero-order valence-electron chi connectivity index (χ0n) is 11.1. The first-order valence-electron chi connectivity index (χ1n) is 6.45. The highest BCUT2D eigenvalue weighted by Gasteiger charge is 1.99. The van der Waals surface area contributed by atoms with Crippen molar-refractivity contribution in [1.82, 2.24) is 0 Å². The van der Waals surface area contributed by atoms with E-state index in [4.69, 9.17) is 15.2 Å². The molecule has 0 aromatic heterocycles. The van der Waals surface area contributed by atoms with Crippen LogP contribution in [0.15, 0.2) is 54.6 Å². The lowest BCUT2D eigenvalue weighted by atomic mass is 10.3. The fourth-order valence-electron chi connectivity index (χ4n) is 1.59. The lowest BCUT2D eigenvalue weighted by Crippen LogP contribution is -2.18. The Balaban J connectivity index is 1.88. The van der Waals surface area contributed by atoms with E-state index in [-0.39, 0.29) is 6.04 Å². The summed E-state index contributed by atoms with van der Waals surface area (Å²) in [4.78, 5) is 0. The second-order valence-electron chi connectivity index (χ2n) is 4.50. The van der Waals surface area contributed by atoms with Gasteiger partial charge in [-0.25, -0.2) is 0 Å². The Morgan fingerprint density at radius 1 is 0.895 bits per heavy atom. The Labute approximate surface area is 114 Å². The van der Waals surface area contributed by atoms with E-state index in [1.54, 1.807) is 0 Å². The molecule has 0 spiro atoms. The molecule has 1 unspecified atom stereocenters.